The van der Waals surface area contributed by atoms with Crippen LogP contribution in [0.15, 0.2) is 24.3 Å². The average molecular weight is 246 g/mol. The molecule has 0 aliphatic heterocycles. The van der Waals surface area contributed by atoms with E-state index in [2.05, 4.69) is 0 Å². The molecule has 1 atom stereocenters. The van der Waals surface area contributed by atoms with Gasteiger partial charge in [0.15, 0.2) is 0 Å². The van der Waals surface area contributed by atoms with E-state index in [4.69, 9.17) is 5.11 Å². The van der Waals surface area contributed by atoms with E-state index >= 15 is 0 Å². The fraction of sp³-hybridized carbons (Fsp3) is 0.417. The Labute approximate surface area is 97.1 Å². The van der Waals surface area contributed by atoms with Crippen LogP contribution in [0.5, 0.6) is 0 Å². The highest BCUT2D eigenvalue weighted by molar-refractivity contribution is 5.70. The van der Waals surface area contributed by atoms with E-state index in [1.807, 2.05) is 0 Å². The predicted molar refractivity (Wildman–Crippen MR) is 56.7 cm³/mol. The number of halogens is 3. The summed E-state index contributed by atoms with van der Waals surface area (Å²) < 4.78 is 36.9. The van der Waals surface area contributed by atoms with Crippen molar-refractivity contribution in [3.05, 3.63) is 35.4 Å². The summed E-state index contributed by atoms with van der Waals surface area (Å²) in [4.78, 5) is 10.4. The van der Waals surface area contributed by atoms with Crippen LogP contribution in [0, 0.1) is 5.92 Å². The molecule has 17 heavy (non-hydrogen) atoms. The molecule has 0 spiro atoms. The first-order valence-corrected chi connectivity index (χ1v) is 5.15. The zero-order valence-electron chi connectivity index (χ0n) is 9.29. The summed E-state index contributed by atoms with van der Waals surface area (Å²) >= 11 is 0. The van der Waals surface area contributed by atoms with Crippen molar-refractivity contribution in [3.63, 3.8) is 0 Å². The van der Waals surface area contributed by atoms with Crippen LogP contribution in [-0.2, 0) is 17.6 Å². The van der Waals surface area contributed by atoms with E-state index in [1.165, 1.54) is 0 Å². The van der Waals surface area contributed by atoms with Crippen LogP contribution in [0.4, 0.5) is 13.2 Å². The average Bonchev–Trinajstić information content (AvgIpc) is 2.18. The van der Waals surface area contributed by atoms with Gasteiger partial charge in [-0.2, -0.15) is 13.2 Å². The molecule has 1 N–H and O–H groups in total. The maximum absolute atomic E-state index is 12.3. The molecule has 0 amide bonds. The van der Waals surface area contributed by atoms with Gasteiger partial charge in [0, 0.05) is 0 Å². The van der Waals surface area contributed by atoms with Crippen LogP contribution in [0.25, 0.3) is 0 Å². The largest absolute Gasteiger partial charge is 0.481 e. The summed E-state index contributed by atoms with van der Waals surface area (Å²) in [6.45, 7) is 1.13. The fourth-order valence-electron chi connectivity index (χ4n) is 1.44. The van der Waals surface area contributed by atoms with E-state index in [9.17, 15) is 18.0 Å². The number of benzene rings is 1. The Balaban J connectivity index is 2.65. The molecule has 1 aromatic rings. The zero-order chi connectivity index (χ0) is 13.1. The Kier molecular flexibility index (Phi) is 4.15. The van der Waals surface area contributed by atoms with E-state index in [1.54, 1.807) is 24.3 Å². The first-order chi connectivity index (χ1) is 7.79. The number of hydrogen-bond donors (Lipinski definition) is 1. The quantitative estimate of drug-likeness (QED) is 0.886. The third kappa shape index (κ3) is 4.46. The Morgan fingerprint density at radius 3 is 2.12 bits per heavy atom. The summed E-state index contributed by atoms with van der Waals surface area (Å²) in [5, 5.41) is 8.54. The van der Waals surface area contributed by atoms with E-state index in [0.29, 0.717) is 11.1 Å². The molecule has 0 saturated heterocycles. The highest BCUT2D eigenvalue weighted by Gasteiger charge is 2.35. The second-order valence-corrected chi connectivity index (χ2v) is 4.03. The normalized spacial score (nSPS) is 13.4. The van der Waals surface area contributed by atoms with Gasteiger partial charge in [0.25, 0.3) is 0 Å². The Hall–Kier alpha value is -1.52. The molecule has 0 saturated carbocycles. The molecule has 0 radical (unpaired) electrons. The Morgan fingerprint density at radius 1 is 1.24 bits per heavy atom. The van der Waals surface area contributed by atoms with Crippen molar-refractivity contribution in [3.8, 4) is 0 Å². The van der Waals surface area contributed by atoms with Gasteiger partial charge >= 0.3 is 12.1 Å². The SMILES string of the molecule is CC(Cc1ccc(CC(=O)O)cc1)C(F)(F)F. The van der Waals surface area contributed by atoms with Crippen LogP contribution in [0.3, 0.4) is 0 Å². The number of carboxylic acids is 1. The Morgan fingerprint density at radius 2 is 1.71 bits per heavy atom. The molecule has 0 bridgehead atoms. The summed E-state index contributed by atoms with van der Waals surface area (Å²) in [6.07, 6.45) is -4.40. The van der Waals surface area contributed by atoms with Crippen LogP contribution in [0.1, 0.15) is 18.1 Å². The molecule has 0 aromatic heterocycles. The van der Waals surface area contributed by atoms with Gasteiger partial charge in [-0.3, -0.25) is 4.79 Å². The maximum atomic E-state index is 12.3. The minimum absolute atomic E-state index is 0.0865. The van der Waals surface area contributed by atoms with E-state index < -0.39 is 18.1 Å². The standard InChI is InChI=1S/C12H13F3O2/c1-8(12(13,14)15)6-9-2-4-10(5-3-9)7-11(16)17/h2-5,8H,6-7H2,1H3,(H,16,17). The molecule has 2 nitrogen and oxygen atoms in total. The number of hydrogen-bond acceptors (Lipinski definition) is 1. The van der Waals surface area contributed by atoms with Crippen molar-refractivity contribution < 1.29 is 23.1 Å². The number of alkyl halides is 3. The lowest BCUT2D eigenvalue weighted by atomic mass is 9.99. The second-order valence-electron chi connectivity index (χ2n) is 4.03. The van der Waals surface area contributed by atoms with Gasteiger partial charge in [-0.05, 0) is 17.5 Å². The fourth-order valence-corrected chi connectivity index (χ4v) is 1.44. The lowest BCUT2D eigenvalue weighted by Gasteiger charge is -2.15. The van der Waals surface area contributed by atoms with Crippen molar-refractivity contribution >= 4 is 5.97 Å². The van der Waals surface area contributed by atoms with Gasteiger partial charge in [0.05, 0.1) is 12.3 Å². The van der Waals surface area contributed by atoms with Crippen LogP contribution >= 0.6 is 0 Å². The highest BCUT2D eigenvalue weighted by atomic mass is 19.4. The summed E-state index contributed by atoms with van der Waals surface area (Å²) in [7, 11) is 0. The highest BCUT2D eigenvalue weighted by Crippen LogP contribution is 2.28. The van der Waals surface area contributed by atoms with E-state index in [0.717, 1.165) is 6.92 Å². The number of aliphatic carboxylic acids is 1. The zero-order valence-corrected chi connectivity index (χ0v) is 9.29. The van der Waals surface area contributed by atoms with Gasteiger partial charge in [-0.1, -0.05) is 31.2 Å². The molecule has 5 heteroatoms. The van der Waals surface area contributed by atoms with Gasteiger partial charge < -0.3 is 5.11 Å². The van der Waals surface area contributed by atoms with Crippen LogP contribution < -0.4 is 0 Å². The number of rotatable bonds is 4. The van der Waals surface area contributed by atoms with Gasteiger partial charge in [0.1, 0.15) is 0 Å². The molecular weight excluding hydrogens is 233 g/mol. The maximum Gasteiger partial charge on any atom is 0.391 e. The predicted octanol–water partition coefficient (Wildman–Crippen LogP) is 3.05. The molecule has 1 unspecified atom stereocenters. The minimum atomic E-state index is -4.19. The first kappa shape index (κ1) is 13.5. The molecular formula is C12H13F3O2. The number of carboxylic acid groups (broad SMARTS) is 1. The third-order valence-electron chi connectivity index (χ3n) is 2.48. The molecule has 0 aliphatic carbocycles. The molecule has 1 rings (SSSR count). The summed E-state index contributed by atoms with van der Waals surface area (Å²) in [5.41, 5.74) is 1.14. The Bertz CT molecular complexity index is 382. The third-order valence-corrected chi connectivity index (χ3v) is 2.48. The van der Waals surface area contributed by atoms with Crippen molar-refractivity contribution in [1.82, 2.24) is 0 Å². The second kappa shape index (κ2) is 5.21. The summed E-state index contributed by atoms with van der Waals surface area (Å²) in [6, 6.07) is 6.18. The van der Waals surface area contributed by atoms with Crippen LogP contribution in [0.2, 0.25) is 0 Å². The minimum Gasteiger partial charge on any atom is -0.481 e. The first-order valence-electron chi connectivity index (χ1n) is 5.15. The van der Waals surface area contributed by atoms with Crippen molar-refractivity contribution in [2.75, 3.05) is 0 Å². The molecule has 0 heterocycles. The lowest BCUT2D eigenvalue weighted by molar-refractivity contribution is -0.169. The monoisotopic (exact) mass is 246 g/mol. The molecule has 0 fully saturated rings. The van der Waals surface area contributed by atoms with Crippen molar-refractivity contribution in [1.29, 1.82) is 0 Å². The van der Waals surface area contributed by atoms with Gasteiger partial charge in [-0.15, -0.1) is 0 Å². The topological polar surface area (TPSA) is 37.3 Å². The molecule has 1 aromatic carbocycles. The van der Waals surface area contributed by atoms with Crippen molar-refractivity contribution in [2.24, 2.45) is 5.92 Å². The molecule has 0 aliphatic rings. The summed E-state index contributed by atoms with van der Waals surface area (Å²) in [5.74, 6) is -2.35. The van der Waals surface area contributed by atoms with Gasteiger partial charge in [0.2, 0.25) is 0 Å². The van der Waals surface area contributed by atoms with Crippen molar-refractivity contribution in [2.45, 2.75) is 25.9 Å². The smallest absolute Gasteiger partial charge is 0.391 e. The molecule has 94 valence electrons. The van der Waals surface area contributed by atoms with E-state index in [-0.39, 0.29) is 12.8 Å². The van der Waals surface area contributed by atoms with Crippen LogP contribution in [-0.4, -0.2) is 17.3 Å². The lowest BCUT2D eigenvalue weighted by Crippen LogP contribution is -2.21. The number of carbonyl (C=O) groups is 1. The van der Waals surface area contributed by atoms with Gasteiger partial charge in [-0.25, -0.2) is 0 Å².